The molecule has 0 aliphatic heterocycles. The minimum absolute atomic E-state index is 0.383. The molecule has 0 aliphatic carbocycles. The molecule has 0 bridgehead atoms. The Labute approximate surface area is 111 Å². The van der Waals surface area contributed by atoms with Crippen LogP contribution in [0, 0.1) is 0 Å². The van der Waals surface area contributed by atoms with Gasteiger partial charge in [-0.2, -0.15) is 0 Å². The minimum Gasteiger partial charge on any atom is -0.467 e. The molecule has 2 heterocycles. The molecule has 0 fully saturated rings. The zero-order valence-corrected chi connectivity index (χ0v) is 10.8. The van der Waals surface area contributed by atoms with Gasteiger partial charge in [-0.1, -0.05) is 0 Å². The fourth-order valence-corrected chi connectivity index (χ4v) is 1.69. The monoisotopic (exact) mass is 260 g/mol. The van der Waals surface area contributed by atoms with E-state index in [0.717, 1.165) is 18.7 Å². The van der Waals surface area contributed by atoms with E-state index in [9.17, 15) is 4.79 Å². The van der Waals surface area contributed by atoms with Gasteiger partial charge in [0.05, 0.1) is 19.2 Å². The Bertz CT molecular complexity index is 522. The second kappa shape index (κ2) is 6.70. The average Bonchev–Trinajstić information content (AvgIpc) is 2.93. The van der Waals surface area contributed by atoms with Gasteiger partial charge < -0.3 is 14.5 Å². The summed E-state index contributed by atoms with van der Waals surface area (Å²) in [6.45, 7) is 1.42. The summed E-state index contributed by atoms with van der Waals surface area (Å²) in [5.41, 5.74) is 1.67. The number of methoxy groups -OCH3 is 1. The van der Waals surface area contributed by atoms with Crippen LogP contribution in [0.5, 0.6) is 0 Å². The van der Waals surface area contributed by atoms with Gasteiger partial charge in [-0.3, -0.25) is 4.98 Å². The molecule has 0 unspecified atom stereocenters. The molecule has 2 aromatic rings. The maximum atomic E-state index is 11.2. The van der Waals surface area contributed by atoms with E-state index in [2.05, 4.69) is 15.0 Å². The van der Waals surface area contributed by atoms with Crippen molar-refractivity contribution in [1.82, 2.24) is 10.3 Å². The molecule has 19 heavy (non-hydrogen) atoms. The van der Waals surface area contributed by atoms with Gasteiger partial charge in [-0.05, 0) is 36.7 Å². The van der Waals surface area contributed by atoms with Gasteiger partial charge in [0.25, 0.3) is 0 Å². The van der Waals surface area contributed by atoms with Crippen LogP contribution < -0.4 is 5.32 Å². The summed E-state index contributed by atoms with van der Waals surface area (Å²) < 4.78 is 9.87. The van der Waals surface area contributed by atoms with Gasteiger partial charge in [0.1, 0.15) is 12.0 Å². The van der Waals surface area contributed by atoms with Gasteiger partial charge in [0, 0.05) is 12.4 Å². The first kappa shape index (κ1) is 13.3. The number of nitrogens with one attached hydrogen (secondary N) is 1. The van der Waals surface area contributed by atoms with Crippen molar-refractivity contribution in [1.29, 1.82) is 0 Å². The molecular formula is C14H16N2O3. The largest absolute Gasteiger partial charge is 0.467 e. The summed E-state index contributed by atoms with van der Waals surface area (Å²) in [5, 5.41) is 3.25. The number of carbonyl (C=O) groups excluding carboxylic acids is 1. The van der Waals surface area contributed by atoms with E-state index in [1.165, 1.54) is 18.9 Å². The van der Waals surface area contributed by atoms with E-state index in [4.69, 9.17) is 4.42 Å². The highest BCUT2D eigenvalue weighted by Crippen LogP contribution is 2.08. The van der Waals surface area contributed by atoms with Crippen molar-refractivity contribution in [2.75, 3.05) is 13.7 Å². The van der Waals surface area contributed by atoms with Gasteiger partial charge in [0.2, 0.25) is 0 Å². The predicted octanol–water partition coefficient (Wildman–Crippen LogP) is 1.79. The number of pyridine rings is 1. The number of aromatic nitrogens is 1. The Morgan fingerprint density at radius 1 is 1.42 bits per heavy atom. The van der Waals surface area contributed by atoms with Crippen molar-refractivity contribution in [3.63, 3.8) is 0 Å². The molecule has 100 valence electrons. The highest BCUT2D eigenvalue weighted by molar-refractivity contribution is 5.88. The lowest BCUT2D eigenvalue weighted by molar-refractivity contribution is 0.0600. The number of furan rings is 1. The Hall–Kier alpha value is -2.14. The third kappa shape index (κ3) is 3.93. The van der Waals surface area contributed by atoms with Crippen LogP contribution in [0.3, 0.4) is 0 Å². The molecular weight excluding hydrogens is 244 g/mol. The van der Waals surface area contributed by atoms with Crippen molar-refractivity contribution >= 4 is 5.97 Å². The number of rotatable bonds is 6. The highest BCUT2D eigenvalue weighted by Gasteiger charge is 2.09. The van der Waals surface area contributed by atoms with Crippen LogP contribution in [0.4, 0.5) is 0 Å². The molecule has 5 nitrogen and oxygen atoms in total. The van der Waals surface area contributed by atoms with Crippen molar-refractivity contribution in [2.45, 2.75) is 13.0 Å². The summed E-state index contributed by atoms with van der Waals surface area (Å²) in [6, 6.07) is 5.67. The van der Waals surface area contributed by atoms with Gasteiger partial charge in [0.15, 0.2) is 0 Å². The Morgan fingerprint density at radius 3 is 2.95 bits per heavy atom. The van der Waals surface area contributed by atoms with E-state index in [0.29, 0.717) is 12.1 Å². The van der Waals surface area contributed by atoms with Crippen molar-refractivity contribution < 1.29 is 13.9 Å². The van der Waals surface area contributed by atoms with E-state index >= 15 is 0 Å². The molecule has 0 spiro atoms. The zero-order valence-electron chi connectivity index (χ0n) is 10.8. The SMILES string of the molecule is COC(=O)c1coc(CNCCc2ccncc2)c1. The van der Waals surface area contributed by atoms with Crippen molar-refractivity contribution in [2.24, 2.45) is 0 Å². The van der Waals surface area contributed by atoms with Crippen molar-refractivity contribution in [3.8, 4) is 0 Å². The average molecular weight is 260 g/mol. The summed E-state index contributed by atoms with van der Waals surface area (Å²) in [6.07, 6.45) is 5.90. The van der Waals surface area contributed by atoms with E-state index in [1.54, 1.807) is 18.5 Å². The summed E-state index contributed by atoms with van der Waals surface area (Å²) in [5.74, 6) is 0.335. The predicted molar refractivity (Wildman–Crippen MR) is 69.7 cm³/mol. The fraction of sp³-hybridized carbons (Fsp3) is 0.286. The Morgan fingerprint density at radius 2 is 2.21 bits per heavy atom. The molecule has 0 amide bonds. The molecule has 2 rings (SSSR count). The molecule has 0 atom stereocenters. The lowest BCUT2D eigenvalue weighted by atomic mass is 10.2. The number of hydrogen-bond donors (Lipinski definition) is 1. The van der Waals surface area contributed by atoms with Gasteiger partial charge >= 0.3 is 5.97 Å². The van der Waals surface area contributed by atoms with Gasteiger partial charge in [-0.25, -0.2) is 4.79 Å². The zero-order chi connectivity index (χ0) is 13.5. The van der Waals surface area contributed by atoms with Crippen LogP contribution in [0.15, 0.2) is 41.3 Å². The normalized spacial score (nSPS) is 10.4. The molecule has 1 N–H and O–H groups in total. The number of nitrogens with zero attached hydrogens (tertiary/aromatic N) is 1. The van der Waals surface area contributed by atoms with Crippen molar-refractivity contribution in [3.05, 3.63) is 53.7 Å². The molecule has 0 aromatic carbocycles. The van der Waals surface area contributed by atoms with Gasteiger partial charge in [-0.15, -0.1) is 0 Å². The van der Waals surface area contributed by atoms with Crippen LogP contribution in [0.2, 0.25) is 0 Å². The molecule has 0 saturated heterocycles. The maximum Gasteiger partial charge on any atom is 0.341 e. The van der Waals surface area contributed by atoms with E-state index in [-0.39, 0.29) is 5.97 Å². The minimum atomic E-state index is -0.383. The molecule has 0 saturated carbocycles. The second-order valence-corrected chi connectivity index (χ2v) is 4.08. The first-order valence-electron chi connectivity index (χ1n) is 6.05. The molecule has 0 aliphatic rings. The molecule has 0 radical (unpaired) electrons. The lowest BCUT2D eigenvalue weighted by Crippen LogP contribution is -2.16. The second-order valence-electron chi connectivity index (χ2n) is 4.08. The molecule has 2 aromatic heterocycles. The van der Waals surface area contributed by atoms with Crippen LogP contribution in [0.25, 0.3) is 0 Å². The number of esters is 1. The van der Waals surface area contributed by atoms with Crippen LogP contribution >= 0.6 is 0 Å². The van der Waals surface area contributed by atoms with Crippen LogP contribution in [-0.2, 0) is 17.7 Å². The first-order valence-corrected chi connectivity index (χ1v) is 6.05. The first-order chi connectivity index (χ1) is 9.29. The number of ether oxygens (including phenoxy) is 1. The van der Waals surface area contributed by atoms with E-state index < -0.39 is 0 Å². The number of carbonyl (C=O) groups is 1. The van der Waals surface area contributed by atoms with Crippen LogP contribution in [-0.4, -0.2) is 24.6 Å². The molecule has 5 heteroatoms. The quantitative estimate of drug-likeness (QED) is 0.633. The Kier molecular flexibility index (Phi) is 4.69. The standard InChI is InChI=1S/C14H16N2O3/c1-18-14(17)12-8-13(19-10-12)9-16-7-4-11-2-5-15-6-3-11/h2-3,5-6,8,10,16H,4,7,9H2,1H3. The van der Waals surface area contributed by atoms with E-state index in [1.807, 2.05) is 12.1 Å². The third-order valence-electron chi connectivity index (χ3n) is 2.71. The maximum absolute atomic E-state index is 11.2. The lowest BCUT2D eigenvalue weighted by Gasteiger charge is -2.02. The van der Waals surface area contributed by atoms with Crippen LogP contribution in [0.1, 0.15) is 21.7 Å². The fourth-order valence-electron chi connectivity index (χ4n) is 1.69. The topological polar surface area (TPSA) is 64.4 Å². The summed E-state index contributed by atoms with van der Waals surface area (Å²) in [7, 11) is 1.35. The highest BCUT2D eigenvalue weighted by atomic mass is 16.5. The Balaban J connectivity index is 1.74. The smallest absolute Gasteiger partial charge is 0.341 e. The third-order valence-corrected chi connectivity index (χ3v) is 2.71. The number of hydrogen-bond acceptors (Lipinski definition) is 5. The summed E-state index contributed by atoms with van der Waals surface area (Å²) in [4.78, 5) is 15.2. The summed E-state index contributed by atoms with van der Waals surface area (Å²) >= 11 is 0.